The molecule has 0 saturated heterocycles. The van der Waals surface area contributed by atoms with E-state index >= 15 is 0 Å². The van der Waals surface area contributed by atoms with Gasteiger partial charge in [-0.1, -0.05) is 31.7 Å². The van der Waals surface area contributed by atoms with Gasteiger partial charge in [-0.3, -0.25) is 0 Å². The zero-order valence-corrected chi connectivity index (χ0v) is 15.8. The molecule has 0 spiro atoms. The topological polar surface area (TPSA) is 41.3 Å². The molecule has 0 fully saturated rings. The average molecular weight is 344 g/mol. The Bertz CT molecular complexity index is 630. The third-order valence-electron chi connectivity index (χ3n) is 3.83. The third-order valence-corrected chi connectivity index (χ3v) is 4.25. The molecule has 130 valence electrons. The Labute approximate surface area is 152 Å². The maximum atomic E-state index is 5.68. The molecule has 0 unspecified atom stereocenters. The Balaban J connectivity index is 3.01. The van der Waals surface area contributed by atoms with Gasteiger partial charge in [-0.15, -0.1) is 12.6 Å². The predicted molar refractivity (Wildman–Crippen MR) is 109 cm³/mol. The van der Waals surface area contributed by atoms with Gasteiger partial charge in [-0.2, -0.15) is 0 Å². The van der Waals surface area contributed by atoms with E-state index in [-0.39, 0.29) is 0 Å². The number of likely N-dealkylation sites (N-methyl/N-ethyl adjacent to an activating group) is 1. The highest BCUT2D eigenvalue weighted by Gasteiger charge is 2.07. The van der Waals surface area contributed by atoms with Gasteiger partial charge in [0.15, 0.2) is 0 Å². The highest BCUT2D eigenvalue weighted by molar-refractivity contribution is 7.80. The van der Waals surface area contributed by atoms with Crippen molar-refractivity contribution in [3.8, 4) is 0 Å². The first-order valence-corrected chi connectivity index (χ1v) is 8.64. The first-order valence-electron chi connectivity index (χ1n) is 8.19. The maximum absolute atomic E-state index is 5.68. The van der Waals surface area contributed by atoms with E-state index in [9.17, 15) is 0 Å². The summed E-state index contributed by atoms with van der Waals surface area (Å²) in [6, 6.07) is 6.22. The Morgan fingerprint density at radius 3 is 2.71 bits per heavy atom. The summed E-state index contributed by atoms with van der Waals surface area (Å²) in [7, 11) is 1.91. The number of hydrogen-bond donors (Lipinski definition) is 3. The fourth-order valence-corrected chi connectivity index (χ4v) is 2.91. The van der Waals surface area contributed by atoms with Crippen LogP contribution in [0.3, 0.4) is 0 Å². The van der Waals surface area contributed by atoms with E-state index < -0.39 is 0 Å². The molecule has 0 aliphatic carbocycles. The van der Waals surface area contributed by atoms with Crippen molar-refractivity contribution in [2.75, 3.05) is 20.1 Å². The van der Waals surface area contributed by atoms with Crippen LogP contribution >= 0.6 is 12.6 Å². The molecular formula is C20H29N3S. The molecule has 0 radical (unpaired) electrons. The van der Waals surface area contributed by atoms with Crippen LogP contribution in [-0.2, 0) is 6.42 Å². The van der Waals surface area contributed by atoms with Crippen LogP contribution in [0.25, 0.3) is 5.57 Å². The van der Waals surface area contributed by atoms with Crippen molar-refractivity contribution in [3.63, 3.8) is 0 Å². The highest BCUT2D eigenvalue weighted by atomic mass is 32.1. The van der Waals surface area contributed by atoms with E-state index in [1.807, 2.05) is 30.3 Å². The summed E-state index contributed by atoms with van der Waals surface area (Å²) >= 11 is 4.58. The van der Waals surface area contributed by atoms with E-state index in [4.69, 9.17) is 5.73 Å². The molecule has 0 amide bonds. The second-order valence-corrected chi connectivity index (χ2v) is 5.91. The van der Waals surface area contributed by atoms with Crippen LogP contribution < -0.4 is 11.1 Å². The molecule has 0 saturated carbocycles. The lowest BCUT2D eigenvalue weighted by atomic mass is 9.97. The zero-order chi connectivity index (χ0) is 17.9. The molecular weight excluding hydrogens is 314 g/mol. The van der Waals surface area contributed by atoms with Gasteiger partial charge in [0.2, 0.25) is 0 Å². The van der Waals surface area contributed by atoms with Crippen molar-refractivity contribution in [2.45, 2.75) is 25.2 Å². The minimum Gasteiger partial charge on any atom is -0.405 e. The molecule has 0 aliphatic heterocycles. The van der Waals surface area contributed by atoms with Crippen LogP contribution in [0.1, 0.15) is 25.0 Å². The summed E-state index contributed by atoms with van der Waals surface area (Å²) < 4.78 is 0. The monoisotopic (exact) mass is 343 g/mol. The smallest absolute Gasteiger partial charge is 0.0459 e. The van der Waals surface area contributed by atoms with Crippen LogP contribution in [-0.4, -0.2) is 25.0 Å². The number of thiol groups is 1. The molecule has 0 atom stereocenters. The van der Waals surface area contributed by atoms with Crippen molar-refractivity contribution in [3.05, 3.63) is 72.2 Å². The molecule has 0 bridgehead atoms. The predicted octanol–water partition coefficient (Wildman–Crippen LogP) is 3.96. The summed E-state index contributed by atoms with van der Waals surface area (Å²) in [4.78, 5) is 3.06. The minimum absolute atomic E-state index is 0.710. The van der Waals surface area contributed by atoms with Crippen molar-refractivity contribution >= 4 is 18.2 Å². The third kappa shape index (κ3) is 5.62. The summed E-state index contributed by atoms with van der Waals surface area (Å²) in [5.41, 5.74) is 10.4. The van der Waals surface area contributed by atoms with Gasteiger partial charge in [0, 0.05) is 24.2 Å². The quantitative estimate of drug-likeness (QED) is 0.469. The van der Waals surface area contributed by atoms with Crippen LogP contribution in [0.15, 0.2) is 66.0 Å². The Morgan fingerprint density at radius 1 is 1.42 bits per heavy atom. The van der Waals surface area contributed by atoms with Crippen molar-refractivity contribution in [2.24, 2.45) is 5.73 Å². The zero-order valence-electron chi connectivity index (χ0n) is 14.9. The lowest BCUT2D eigenvalue weighted by Crippen LogP contribution is -2.21. The van der Waals surface area contributed by atoms with E-state index in [0.29, 0.717) is 6.54 Å². The molecule has 1 aromatic rings. The summed E-state index contributed by atoms with van der Waals surface area (Å²) in [5.74, 6) is 0. The normalized spacial score (nSPS) is 12.7. The number of rotatable bonds is 9. The first kappa shape index (κ1) is 20.1. The SMILES string of the molecule is C=CN(/C=C\C(=C/C)c1cccc(S)c1CC)C/C(=C\N)CNC. The molecule has 3 nitrogen and oxygen atoms in total. The van der Waals surface area contributed by atoms with E-state index in [0.717, 1.165) is 23.4 Å². The van der Waals surface area contributed by atoms with Gasteiger partial charge in [0.1, 0.15) is 0 Å². The lowest BCUT2D eigenvalue weighted by molar-refractivity contribution is 0.542. The van der Waals surface area contributed by atoms with E-state index in [1.165, 1.54) is 16.7 Å². The summed E-state index contributed by atoms with van der Waals surface area (Å²) in [5, 5.41) is 3.12. The van der Waals surface area contributed by atoms with Gasteiger partial charge in [0.25, 0.3) is 0 Å². The van der Waals surface area contributed by atoms with Gasteiger partial charge < -0.3 is 16.0 Å². The molecule has 0 heterocycles. The number of nitrogens with one attached hydrogen (secondary N) is 1. The first-order chi connectivity index (χ1) is 11.6. The van der Waals surface area contributed by atoms with Crippen molar-refractivity contribution in [1.82, 2.24) is 10.2 Å². The Hall–Kier alpha value is -1.91. The minimum atomic E-state index is 0.710. The van der Waals surface area contributed by atoms with Crippen LogP contribution in [0.2, 0.25) is 0 Å². The molecule has 0 aromatic heterocycles. The molecule has 4 heteroatoms. The Kier molecular flexibility index (Phi) is 9.05. The number of benzene rings is 1. The molecule has 1 aromatic carbocycles. The number of nitrogens with zero attached hydrogens (tertiary/aromatic N) is 1. The number of hydrogen-bond acceptors (Lipinski definition) is 4. The van der Waals surface area contributed by atoms with Crippen molar-refractivity contribution < 1.29 is 0 Å². The second-order valence-electron chi connectivity index (χ2n) is 5.43. The molecule has 0 aliphatic rings. The largest absolute Gasteiger partial charge is 0.405 e. The van der Waals surface area contributed by atoms with Crippen LogP contribution in [0.5, 0.6) is 0 Å². The van der Waals surface area contributed by atoms with E-state index in [1.54, 1.807) is 12.4 Å². The summed E-state index contributed by atoms with van der Waals surface area (Å²) in [6.07, 6.45) is 10.7. The van der Waals surface area contributed by atoms with Crippen molar-refractivity contribution in [1.29, 1.82) is 0 Å². The van der Waals surface area contributed by atoms with Crippen LogP contribution in [0, 0.1) is 0 Å². The molecule has 1 rings (SSSR count). The molecule has 3 N–H and O–H groups in total. The number of allylic oxidation sites excluding steroid dienone is 3. The highest BCUT2D eigenvalue weighted by Crippen LogP contribution is 2.26. The fraction of sp³-hybridized carbons (Fsp3) is 0.300. The standard InChI is InChI=1S/C20H29N3S/c1-5-17(19-9-8-10-20(24)18(19)6-2)11-12-23(7-3)15-16(13-21)14-22-4/h5,7-13,22,24H,3,6,14-15,21H2,1-2,4H3/b12-11-,16-13-,17-5+. The van der Waals surface area contributed by atoms with Gasteiger partial charge in [-0.05, 0) is 67.2 Å². The molecule has 24 heavy (non-hydrogen) atoms. The average Bonchev–Trinajstić information content (AvgIpc) is 2.60. The van der Waals surface area contributed by atoms with Gasteiger partial charge in [-0.25, -0.2) is 0 Å². The van der Waals surface area contributed by atoms with Gasteiger partial charge in [0.05, 0.1) is 0 Å². The summed E-state index contributed by atoms with van der Waals surface area (Å²) in [6.45, 7) is 9.56. The van der Waals surface area contributed by atoms with Gasteiger partial charge >= 0.3 is 0 Å². The second kappa shape index (κ2) is 10.8. The fourth-order valence-electron chi connectivity index (χ4n) is 2.54. The van der Waals surface area contributed by atoms with Crippen LogP contribution in [0.4, 0.5) is 0 Å². The maximum Gasteiger partial charge on any atom is 0.0459 e. The van der Waals surface area contributed by atoms with E-state index in [2.05, 4.69) is 56.6 Å². The Morgan fingerprint density at radius 2 is 2.17 bits per heavy atom. The lowest BCUT2D eigenvalue weighted by Gasteiger charge is -2.18. The number of nitrogens with two attached hydrogens (primary N) is 1.